The van der Waals surface area contributed by atoms with Gasteiger partial charge in [-0.25, -0.2) is 0 Å². The van der Waals surface area contributed by atoms with Crippen LogP contribution in [0.1, 0.15) is 47.3 Å². The Labute approximate surface area is 138 Å². The van der Waals surface area contributed by atoms with E-state index in [1.165, 1.54) is 18.4 Å². The third-order valence-electron chi connectivity index (χ3n) is 5.92. The van der Waals surface area contributed by atoms with Crippen LogP contribution in [0.4, 0.5) is 0 Å². The Hall–Kier alpha value is -1.80. The average Bonchev–Trinajstić information content (AvgIpc) is 2.62. The first-order chi connectivity index (χ1) is 11.3. The lowest BCUT2D eigenvalue weighted by Crippen LogP contribution is -2.38. The third-order valence-corrected chi connectivity index (χ3v) is 5.92. The smallest absolute Gasteiger partial charge is 0.118 e. The molecule has 0 aromatic heterocycles. The summed E-state index contributed by atoms with van der Waals surface area (Å²) in [5.41, 5.74) is 4.67. The fraction of sp³-hybridized carbons (Fsp3) is 0.429. The summed E-state index contributed by atoms with van der Waals surface area (Å²) in [5, 5.41) is 3.41. The van der Waals surface area contributed by atoms with Crippen molar-refractivity contribution in [1.82, 2.24) is 5.32 Å². The minimum absolute atomic E-state index is 0.647. The Balaban J connectivity index is 1.70. The second kappa shape index (κ2) is 6.01. The van der Waals surface area contributed by atoms with Gasteiger partial charge in [0, 0.05) is 0 Å². The molecule has 5 rings (SSSR count). The number of methoxy groups -OCH3 is 1. The summed E-state index contributed by atoms with van der Waals surface area (Å²) in [5.74, 6) is 3.71. The van der Waals surface area contributed by atoms with Crippen LogP contribution in [0.3, 0.4) is 0 Å². The van der Waals surface area contributed by atoms with Gasteiger partial charge in [0.2, 0.25) is 0 Å². The van der Waals surface area contributed by atoms with Gasteiger partial charge >= 0.3 is 0 Å². The summed E-state index contributed by atoms with van der Waals surface area (Å²) in [4.78, 5) is 0. The average molecular weight is 307 g/mol. The van der Waals surface area contributed by atoms with Crippen molar-refractivity contribution < 1.29 is 4.74 Å². The predicted octanol–water partition coefficient (Wildman–Crippen LogP) is 4.29. The molecule has 3 aliphatic rings. The van der Waals surface area contributed by atoms with Crippen LogP contribution in [0.15, 0.2) is 48.5 Å². The molecule has 0 spiro atoms. The van der Waals surface area contributed by atoms with Gasteiger partial charge in [-0.3, -0.25) is 0 Å². The third kappa shape index (κ3) is 2.46. The molecule has 2 aromatic carbocycles. The normalized spacial score (nSPS) is 28.4. The molecule has 1 fully saturated rings. The van der Waals surface area contributed by atoms with Crippen LogP contribution in [-0.2, 0) is 0 Å². The Morgan fingerprint density at radius 2 is 1.61 bits per heavy atom. The monoisotopic (exact) mass is 307 g/mol. The largest absolute Gasteiger partial charge is 0.497 e. The SMILES string of the molecule is CNC[C@H]1C[C@H]2c3ccccc3[C@@H]1C[C@H]2c1ccc(OC)cc1. The molecule has 0 unspecified atom stereocenters. The Morgan fingerprint density at radius 3 is 2.26 bits per heavy atom. The van der Waals surface area contributed by atoms with Crippen LogP contribution < -0.4 is 10.1 Å². The maximum absolute atomic E-state index is 5.32. The van der Waals surface area contributed by atoms with Crippen molar-refractivity contribution in [2.45, 2.75) is 30.6 Å². The van der Waals surface area contributed by atoms with Crippen LogP contribution in [0, 0.1) is 5.92 Å². The van der Waals surface area contributed by atoms with E-state index in [-0.39, 0.29) is 0 Å². The van der Waals surface area contributed by atoms with Gasteiger partial charge in [0.05, 0.1) is 7.11 Å². The Bertz CT molecular complexity index is 678. The zero-order valence-electron chi connectivity index (χ0n) is 14.0. The molecule has 2 aromatic rings. The second-order valence-electron chi connectivity index (χ2n) is 7.01. The fourth-order valence-electron chi connectivity index (χ4n) is 4.90. The van der Waals surface area contributed by atoms with Crippen LogP contribution in [0.2, 0.25) is 0 Å². The predicted molar refractivity (Wildman–Crippen MR) is 94.3 cm³/mol. The summed E-state index contributed by atoms with van der Waals surface area (Å²) in [6.07, 6.45) is 2.58. The molecule has 23 heavy (non-hydrogen) atoms. The summed E-state index contributed by atoms with van der Waals surface area (Å²) in [7, 11) is 3.81. The Kier molecular flexibility index (Phi) is 3.86. The van der Waals surface area contributed by atoms with E-state index < -0.39 is 0 Å². The number of ether oxygens (including phenoxy) is 1. The van der Waals surface area contributed by atoms with Gasteiger partial charge in [0.1, 0.15) is 5.75 Å². The molecule has 1 N–H and O–H groups in total. The van der Waals surface area contributed by atoms with E-state index in [4.69, 9.17) is 4.74 Å². The van der Waals surface area contributed by atoms with E-state index in [0.29, 0.717) is 17.8 Å². The number of hydrogen-bond acceptors (Lipinski definition) is 2. The van der Waals surface area contributed by atoms with Gasteiger partial charge < -0.3 is 10.1 Å². The van der Waals surface area contributed by atoms with Gasteiger partial charge in [0.25, 0.3) is 0 Å². The topological polar surface area (TPSA) is 21.3 Å². The maximum Gasteiger partial charge on any atom is 0.118 e. The molecular formula is C21H25NO. The summed E-state index contributed by atoms with van der Waals surface area (Å²) in [6.45, 7) is 1.13. The first-order valence-electron chi connectivity index (χ1n) is 8.69. The lowest BCUT2D eigenvalue weighted by Gasteiger charge is -2.49. The number of benzene rings is 2. The van der Waals surface area contributed by atoms with Crippen LogP contribution in [0.5, 0.6) is 5.75 Å². The number of nitrogens with one attached hydrogen (secondary N) is 1. The summed E-state index contributed by atoms with van der Waals surface area (Å²) < 4.78 is 5.32. The van der Waals surface area contributed by atoms with Crippen molar-refractivity contribution in [3.63, 3.8) is 0 Å². The van der Waals surface area contributed by atoms with Gasteiger partial charge in [-0.1, -0.05) is 36.4 Å². The van der Waals surface area contributed by atoms with E-state index in [9.17, 15) is 0 Å². The van der Waals surface area contributed by atoms with Crippen molar-refractivity contribution in [3.8, 4) is 5.75 Å². The molecule has 120 valence electrons. The van der Waals surface area contributed by atoms with Gasteiger partial charge in [-0.15, -0.1) is 0 Å². The first kappa shape index (κ1) is 14.8. The minimum Gasteiger partial charge on any atom is -0.497 e. The highest BCUT2D eigenvalue weighted by molar-refractivity contribution is 5.44. The molecule has 2 heteroatoms. The van der Waals surface area contributed by atoms with Gasteiger partial charge in [-0.05, 0) is 78.9 Å². The zero-order chi connectivity index (χ0) is 15.8. The van der Waals surface area contributed by atoms with Crippen molar-refractivity contribution in [2.24, 2.45) is 5.92 Å². The minimum atomic E-state index is 0.647. The summed E-state index contributed by atoms with van der Waals surface area (Å²) in [6, 6.07) is 17.9. The van der Waals surface area contributed by atoms with Crippen molar-refractivity contribution in [1.29, 1.82) is 0 Å². The number of rotatable bonds is 4. The molecule has 0 aliphatic heterocycles. The lowest BCUT2D eigenvalue weighted by molar-refractivity contribution is 0.217. The van der Waals surface area contributed by atoms with E-state index in [1.807, 2.05) is 0 Å². The highest BCUT2D eigenvalue weighted by atomic mass is 16.5. The lowest BCUT2D eigenvalue weighted by atomic mass is 9.56. The van der Waals surface area contributed by atoms with Crippen LogP contribution in [-0.4, -0.2) is 20.7 Å². The highest BCUT2D eigenvalue weighted by Crippen LogP contribution is 2.58. The quantitative estimate of drug-likeness (QED) is 0.910. The van der Waals surface area contributed by atoms with Gasteiger partial charge in [0.15, 0.2) is 0 Å². The summed E-state index contributed by atoms with van der Waals surface area (Å²) >= 11 is 0. The van der Waals surface area contributed by atoms with Crippen LogP contribution in [0.25, 0.3) is 0 Å². The van der Waals surface area contributed by atoms with E-state index in [1.54, 1.807) is 18.2 Å². The Morgan fingerprint density at radius 1 is 0.913 bits per heavy atom. The first-order valence-corrected chi connectivity index (χ1v) is 8.69. The molecule has 0 radical (unpaired) electrons. The van der Waals surface area contributed by atoms with E-state index in [0.717, 1.165) is 18.2 Å². The molecule has 1 saturated carbocycles. The molecule has 4 atom stereocenters. The molecule has 0 amide bonds. The molecule has 0 heterocycles. The molecule has 2 bridgehead atoms. The van der Waals surface area contributed by atoms with Crippen molar-refractivity contribution in [3.05, 3.63) is 65.2 Å². The van der Waals surface area contributed by atoms with Crippen LogP contribution >= 0.6 is 0 Å². The van der Waals surface area contributed by atoms with E-state index in [2.05, 4.69) is 60.9 Å². The standard InChI is InChI=1S/C21H25NO/c1-22-13-15-11-21-18-6-4-3-5-17(18)20(15)12-19(21)14-7-9-16(23-2)10-8-14/h3-10,15,19-22H,11-13H2,1-2H3/t15-,19+,20-,21+/m1/s1. The molecular weight excluding hydrogens is 282 g/mol. The van der Waals surface area contributed by atoms with Crippen molar-refractivity contribution >= 4 is 0 Å². The molecule has 2 nitrogen and oxygen atoms in total. The highest BCUT2D eigenvalue weighted by Gasteiger charge is 2.44. The number of fused-ring (bicyclic) bond motifs is 2. The number of hydrogen-bond donors (Lipinski definition) is 1. The molecule has 0 saturated heterocycles. The second-order valence-corrected chi connectivity index (χ2v) is 7.01. The molecule has 3 aliphatic carbocycles. The fourth-order valence-corrected chi connectivity index (χ4v) is 4.90. The van der Waals surface area contributed by atoms with E-state index >= 15 is 0 Å². The maximum atomic E-state index is 5.32. The van der Waals surface area contributed by atoms with Crippen molar-refractivity contribution in [2.75, 3.05) is 20.7 Å². The van der Waals surface area contributed by atoms with Gasteiger partial charge in [-0.2, -0.15) is 0 Å². The zero-order valence-corrected chi connectivity index (χ0v) is 14.0.